The monoisotopic (exact) mass is 746 g/mol. The standard InChI is InChI=1S/C34H23F9O5S2/c1-47-26-17-14-22(15-18-26)30(44)25-13-12-24-21-29(19-16-23(24)20-25)49(27-8-4-2-5-9-27,28-10-6-3-7-11-28)48-50(45,46)34(42,43)32(37,38)31(35,36)33(39,40)41/h2-21H,1H3. The summed E-state index contributed by atoms with van der Waals surface area (Å²) in [6.07, 6.45) is -7.26. The molecule has 0 aromatic heterocycles. The number of halogens is 9. The van der Waals surface area contributed by atoms with E-state index in [9.17, 15) is 43.9 Å². The van der Waals surface area contributed by atoms with Crippen LogP contribution in [0, 0.1) is 0 Å². The maximum atomic E-state index is 15.2. The number of alkyl halides is 9. The van der Waals surface area contributed by atoms with Crippen molar-refractivity contribution in [3.63, 3.8) is 0 Å². The van der Waals surface area contributed by atoms with Gasteiger partial charge in [-0.3, -0.25) is 4.79 Å². The summed E-state index contributed by atoms with van der Waals surface area (Å²) in [5.74, 6) is -14.9. The summed E-state index contributed by atoms with van der Waals surface area (Å²) in [6.45, 7) is 0. The van der Waals surface area contributed by atoms with E-state index in [0.717, 1.165) is 0 Å². The summed E-state index contributed by atoms with van der Waals surface area (Å²) in [6, 6.07) is 27.2. The van der Waals surface area contributed by atoms with E-state index in [1.54, 1.807) is 12.1 Å². The summed E-state index contributed by atoms with van der Waals surface area (Å²) >= 11 is 0. The van der Waals surface area contributed by atoms with Gasteiger partial charge in [0.05, 0.1) is 7.11 Å². The van der Waals surface area contributed by atoms with Crippen LogP contribution in [0.15, 0.2) is 136 Å². The minimum atomic E-state index is -7.51. The third kappa shape index (κ3) is 6.09. The Balaban J connectivity index is 1.70. The van der Waals surface area contributed by atoms with Crippen molar-refractivity contribution < 1.29 is 61.1 Å². The predicted molar refractivity (Wildman–Crippen MR) is 167 cm³/mol. The minimum Gasteiger partial charge on any atom is -0.497 e. The quantitative estimate of drug-likeness (QED) is 0.0995. The van der Waals surface area contributed by atoms with Gasteiger partial charge in [-0.05, 0) is 87.8 Å². The molecule has 0 aliphatic carbocycles. The molecule has 0 aliphatic rings. The number of methoxy groups -OCH3 is 1. The fourth-order valence-electron chi connectivity index (χ4n) is 4.90. The van der Waals surface area contributed by atoms with Gasteiger partial charge in [-0.15, -0.1) is 0 Å². The Morgan fingerprint density at radius 3 is 1.54 bits per heavy atom. The van der Waals surface area contributed by atoms with E-state index in [1.165, 1.54) is 116 Å². The minimum absolute atomic E-state index is 0.214. The number of hydrogen-bond donors (Lipinski definition) is 0. The fraction of sp³-hybridized carbons (Fsp3) is 0.147. The lowest BCUT2D eigenvalue weighted by atomic mass is 10.00. The molecular formula is C34H23F9O5S2. The van der Waals surface area contributed by atoms with Gasteiger partial charge in [0.15, 0.2) is 5.78 Å². The zero-order chi connectivity index (χ0) is 36.8. The number of ketones is 1. The average molecular weight is 747 g/mol. The molecule has 0 bridgehead atoms. The highest BCUT2D eigenvalue weighted by molar-refractivity contribution is 8.33. The molecular weight excluding hydrogens is 723 g/mol. The second kappa shape index (κ2) is 13.0. The van der Waals surface area contributed by atoms with Crippen molar-refractivity contribution in [2.75, 3.05) is 7.11 Å². The van der Waals surface area contributed by atoms with Crippen LogP contribution in [0.1, 0.15) is 15.9 Å². The van der Waals surface area contributed by atoms with E-state index in [-0.39, 0.29) is 31.4 Å². The highest BCUT2D eigenvalue weighted by Gasteiger charge is 2.86. The van der Waals surface area contributed by atoms with Crippen LogP contribution < -0.4 is 4.74 Å². The lowest BCUT2D eigenvalue weighted by Crippen LogP contribution is -2.63. The Kier molecular flexibility index (Phi) is 9.53. The van der Waals surface area contributed by atoms with E-state index in [4.69, 9.17) is 8.37 Å². The molecule has 0 amide bonds. The van der Waals surface area contributed by atoms with Crippen LogP contribution in [0.2, 0.25) is 0 Å². The van der Waals surface area contributed by atoms with Gasteiger partial charge >= 0.3 is 33.4 Å². The molecule has 5 aromatic carbocycles. The van der Waals surface area contributed by atoms with Gasteiger partial charge in [0.2, 0.25) is 0 Å². The topological polar surface area (TPSA) is 69.7 Å². The van der Waals surface area contributed by atoms with Gasteiger partial charge in [0.25, 0.3) is 0 Å². The molecule has 5 nitrogen and oxygen atoms in total. The maximum absolute atomic E-state index is 15.2. The van der Waals surface area contributed by atoms with Crippen LogP contribution in [-0.4, -0.2) is 44.6 Å². The molecule has 5 rings (SSSR count). The van der Waals surface area contributed by atoms with E-state index in [0.29, 0.717) is 16.7 Å². The van der Waals surface area contributed by atoms with Crippen molar-refractivity contribution in [1.29, 1.82) is 0 Å². The third-order valence-electron chi connectivity index (χ3n) is 7.53. The Hall–Kier alpha value is -4.54. The zero-order valence-corrected chi connectivity index (χ0v) is 26.9. The SMILES string of the molecule is COc1ccc(C(=O)c2ccc3cc(S(OS(=O)(=O)C(F)(F)C(F)(F)C(F)(F)C(F)(F)F)(c4ccccc4)c4ccccc4)ccc3c2)cc1. The Labute approximate surface area is 280 Å². The Morgan fingerprint density at radius 1 is 0.560 bits per heavy atom. The Morgan fingerprint density at radius 2 is 1.04 bits per heavy atom. The molecule has 5 aromatic rings. The third-order valence-corrected chi connectivity index (χ3v) is 12.7. The molecule has 0 saturated heterocycles. The summed E-state index contributed by atoms with van der Waals surface area (Å²) in [5, 5.41) is -6.47. The highest BCUT2D eigenvalue weighted by Crippen LogP contribution is 2.71. The number of fused-ring (bicyclic) bond motifs is 1. The zero-order valence-electron chi connectivity index (χ0n) is 25.3. The molecule has 0 saturated carbocycles. The van der Waals surface area contributed by atoms with Crippen LogP contribution in [0.5, 0.6) is 5.75 Å². The molecule has 0 atom stereocenters. The first-order valence-corrected chi connectivity index (χ1v) is 17.1. The molecule has 0 spiro atoms. The van der Waals surface area contributed by atoms with Crippen molar-refractivity contribution >= 4 is 37.0 Å². The number of carbonyl (C=O) groups excluding carboxylic acids is 1. The van der Waals surface area contributed by atoms with Crippen LogP contribution in [0.4, 0.5) is 39.5 Å². The van der Waals surface area contributed by atoms with Crippen molar-refractivity contribution in [3.05, 3.63) is 132 Å². The average Bonchev–Trinajstić information content (AvgIpc) is 3.10. The van der Waals surface area contributed by atoms with E-state index in [2.05, 4.69) is 0 Å². The molecule has 0 radical (unpaired) electrons. The van der Waals surface area contributed by atoms with Crippen LogP contribution in [0.3, 0.4) is 0 Å². The van der Waals surface area contributed by atoms with Crippen LogP contribution in [0.25, 0.3) is 10.8 Å². The largest absolute Gasteiger partial charge is 0.497 e. The smallest absolute Gasteiger partial charge is 0.460 e. The molecule has 50 heavy (non-hydrogen) atoms. The van der Waals surface area contributed by atoms with Gasteiger partial charge in [-0.25, -0.2) is 3.63 Å². The molecule has 264 valence electrons. The molecule has 0 fully saturated rings. The van der Waals surface area contributed by atoms with Gasteiger partial charge < -0.3 is 4.74 Å². The normalized spacial score (nSPS) is 13.6. The summed E-state index contributed by atoms with van der Waals surface area (Å²) in [7, 11) is -10.1. The summed E-state index contributed by atoms with van der Waals surface area (Å²) in [5.41, 5.74) is 0.525. The lowest BCUT2D eigenvalue weighted by Gasteiger charge is -2.41. The molecule has 16 heteroatoms. The predicted octanol–water partition coefficient (Wildman–Crippen LogP) is 10.0. The number of benzene rings is 5. The van der Waals surface area contributed by atoms with Crippen molar-refractivity contribution in [2.24, 2.45) is 0 Å². The van der Waals surface area contributed by atoms with Gasteiger partial charge in [-0.1, -0.05) is 54.6 Å². The van der Waals surface area contributed by atoms with Crippen molar-refractivity contribution in [1.82, 2.24) is 0 Å². The first kappa shape index (κ1) is 36.7. The van der Waals surface area contributed by atoms with Crippen LogP contribution >= 0.6 is 10.3 Å². The number of hydrogen-bond acceptors (Lipinski definition) is 5. The Bertz CT molecular complexity index is 2080. The van der Waals surface area contributed by atoms with Crippen LogP contribution in [-0.2, 0) is 13.7 Å². The summed E-state index contributed by atoms with van der Waals surface area (Å²) < 4.78 is 162. The lowest BCUT2D eigenvalue weighted by molar-refractivity contribution is -0.382. The molecule has 0 unspecified atom stereocenters. The van der Waals surface area contributed by atoms with Gasteiger partial charge in [0, 0.05) is 25.8 Å². The number of ether oxygens (including phenoxy) is 1. The second-order valence-electron chi connectivity index (χ2n) is 10.6. The van der Waals surface area contributed by atoms with E-state index in [1.807, 2.05) is 0 Å². The second-order valence-corrected chi connectivity index (χ2v) is 15.1. The number of rotatable bonds is 11. The first-order chi connectivity index (χ1) is 23.3. The highest BCUT2D eigenvalue weighted by atomic mass is 32.3. The number of carbonyl (C=O) groups is 1. The first-order valence-electron chi connectivity index (χ1n) is 14.1. The maximum Gasteiger partial charge on any atom is 0.460 e. The van der Waals surface area contributed by atoms with Gasteiger partial charge in [-0.2, -0.15) is 47.9 Å². The van der Waals surface area contributed by atoms with Crippen molar-refractivity contribution in [2.45, 2.75) is 38.0 Å². The molecule has 0 aliphatic heterocycles. The molecule has 0 heterocycles. The van der Waals surface area contributed by atoms with Crippen molar-refractivity contribution in [3.8, 4) is 5.75 Å². The molecule has 0 N–H and O–H groups in total. The van der Waals surface area contributed by atoms with Gasteiger partial charge in [0.1, 0.15) is 5.75 Å². The van der Waals surface area contributed by atoms with E-state index < -0.39 is 43.7 Å². The fourth-order valence-corrected chi connectivity index (χ4v) is 10.1. The van der Waals surface area contributed by atoms with E-state index >= 15 is 8.78 Å². The summed E-state index contributed by atoms with van der Waals surface area (Å²) in [4.78, 5) is 12.5.